The molecule has 0 aliphatic carbocycles. The van der Waals surface area contributed by atoms with Crippen molar-refractivity contribution in [1.82, 2.24) is 0 Å². The number of benzene rings is 1. The fourth-order valence-corrected chi connectivity index (χ4v) is 2.08. The van der Waals surface area contributed by atoms with Crippen molar-refractivity contribution in [1.29, 1.82) is 0 Å². The van der Waals surface area contributed by atoms with Crippen LogP contribution in [0.25, 0.3) is 0 Å². The SMILES string of the molecule is CC(C)(C)OC(=O)C(C)(C(=O)OC(C)(C)C)c1ccccc1NO. The Hall–Kier alpha value is -2.08. The van der Waals surface area contributed by atoms with Crippen molar-refractivity contribution in [3.05, 3.63) is 29.8 Å². The number of rotatable bonds is 4. The van der Waals surface area contributed by atoms with Crippen LogP contribution in [0.1, 0.15) is 54.0 Å². The molecule has 0 saturated carbocycles. The molecule has 0 atom stereocenters. The summed E-state index contributed by atoms with van der Waals surface area (Å²) in [6, 6.07) is 6.48. The lowest BCUT2D eigenvalue weighted by Crippen LogP contribution is -2.48. The molecule has 2 N–H and O–H groups in total. The second-order valence-corrected chi connectivity index (χ2v) is 7.79. The minimum Gasteiger partial charge on any atom is -0.459 e. The Morgan fingerprint density at radius 1 is 0.875 bits per heavy atom. The predicted molar refractivity (Wildman–Crippen MR) is 90.9 cm³/mol. The minimum absolute atomic E-state index is 0.233. The van der Waals surface area contributed by atoms with Crippen molar-refractivity contribution >= 4 is 17.6 Å². The smallest absolute Gasteiger partial charge is 0.328 e. The van der Waals surface area contributed by atoms with Crippen molar-refractivity contribution in [3.8, 4) is 0 Å². The van der Waals surface area contributed by atoms with Crippen LogP contribution in [0.15, 0.2) is 24.3 Å². The Morgan fingerprint density at radius 3 is 1.67 bits per heavy atom. The molecule has 0 fully saturated rings. The fraction of sp³-hybridized carbons (Fsp3) is 0.556. The van der Waals surface area contributed by atoms with Gasteiger partial charge in [0.05, 0.1) is 5.69 Å². The van der Waals surface area contributed by atoms with Crippen LogP contribution in [0.2, 0.25) is 0 Å². The number of anilines is 1. The van der Waals surface area contributed by atoms with Gasteiger partial charge in [0.2, 0.25) is 0 Å². The summed E-state index contributed by atoms with van der Waals surface area (Å²) in [6.07, 6.45) is 0. The van der Waals surface area contributed by atoms with Gasteiger partial charge >= 0.3 is 11.9 Å². The van der Waals surface area contributed by atoms with Crippen LogP contribution in [0.4, 0.5) is 5.69 Å². The Balaban J connectivity index is 3.46. The summed E-state index contributed by atoms with van der Waals surface area (Å²) in [6.45, 7) is 11.7. The zero-order valence-corrected chi connectivity index (χ0v) is 15.4. The van der Waals surface area contributed by atoms with Crippen LogP contribution >= 0.6 is 0 Å². The lowest BCUT2D eigenvalue weighted by Gasteiger charge is -2.33. The predicted octanol–water partition coefficient (Wildman–Crippen LogP) is 3.43. The van der Waals surface area contributed by atoms with Gasteiger partial charge < -0.3 is 9.47 Å². The molecular weight excluding hydrogens is 310 g/mol. The topological polar surface area (TPSA) is 84.9 Å². The molecule has 134 valence electrons. The third-order valence-electron chi connectivity index (χ3n) is 3.20. The maximum atomic E-state index is 12.8. The van der Waals surface area contributed by atoms with Crippen molar-refractivity contribution in [2.45, 2.75) is 65.1 Å². The van der Waals surface area contributed by atoms with Gasteiger partial charge in [0.1, 0.15) is 11.2 Å². The molecule has 0 amide bonds. The van der Waals surface area contributed by atoms with Crippen molar-refractivity contribution in [2.75, 3.05) is 5.48 Å². The van der Waals surface area contributed by atoms with Gasteiger partial charge in [0, 0.05) is 5.56 Å². The Morgan fingerprint density at radius 2 is 1.29 bits per heavy atom. The lowest BCUT2D eigenvalue weighted by atomic mass is 9.81. The summed E-state index contributed by atoms with van der Waals surface area (Å²) in [7, 11) is 0. The summed E-state index contributed by atoms with van der Waals surface area (Å²) in [5.41, 5.74) is -0.753. The van der Waals surface area contributed by atoms with E-state index in [1.54, 1.807) is 65.8 Å². The van der Waals surface area contributed by atoms with Gasteiger partial charge in [0.15, 0.2) is 5.41 Å². The van der Waals surface area contributed by atoms with Crippen LogP contribution in [-0.4, -0.2) is 28.3 Å². The molecule has 6 heteroatoms. The number of nitrogens with one attached hydrogen (secondary N) is 1. The fourth-order valence-electron chi connectivity index (χ4n) is 2.08. The van der Waals surface area contributed by atoms with Crippen LogP contribution in [0.3, 0.4) is 0 Å². The van der Waals surface area contributed by atoms with Gasteiger partial charge in [-0.3, -0.25) is 20.3 Å². The average molecular weight is 337 g/mol. The minimum atomic E-state index is -1.73. The summed E-state index contributed by atoms with van der Waals surface area (Å²) < 4.78 is 10.9. The molecule has 0 aliphatic rings. The molecule has 0 aliphatic heterocycles. The van der Waals surface area contributed by atoms with E-state index in [1.165, 1.54) is 6.92 Å². The van der Waals surface area contributed by atoms with Gasteiger partial charge in [-0.15, -0.1) is 0 Å². The highest BCUT2D eigenvalue weighted by atomic mass is 16.6. The molecule has 1 aromatic rings. The van der Waals surface area contributed by atoms with Crippen LogP contribution in [-0.2, 0) is 24.5 Å². The molecular formula is C18H27NO5. The van der Waals surface area contributed by atoms with Crippen LogP contribution in [0.5, 0.6) is 0 Å². The molecule has 0 spiro atoms. The van der Waals surface area contributed by atoms with Crippen molar-refractivity contribution < 1.29 is 24.3 Å². The molecule has 0 heterocycles. The number of esters is 2. The van der Waals surface area contributed by atoms with E-state index < -0.39 is 28.6 Å². The highest BCUT2D eigenvalue weighted by Crippen LogP contribution is 2.35. The summed E-state index contributed by atoms with van der Waals surface area (Å²) in [4.78, 5) is 25.7. The molecule has 1 aromatic carbocycles. The van der Waals surface area contributed by atoms with E-state index in [0.717, 1.165) is 0 Å². The molecule has 0 bridgehead atoms. The summed E-state index contributed by atoms with van der Waals surface area (Å²) >= 11 is 0. The Kier molecular flexibility index (Phi) is 5.66. The number of ether oxygens (including phenoxy) is 2. The molecule has 6 nitrogen and oxygen atoms in total. The number of hydrogen-bond acceptors (Lipinski definition) is 6. The standard InChI is InChI=1S/C18H27NO5/c1-16(2,3)23-14(20)18(7,15(21)24-17(4,5)6)12-10-8-9-11-13(12)19-22/h8-11,19,22H,1-7H3. The first kappa shape index (κ1) is 20.0. The Labute approximate surface area is 143 Å². The van der Waals surface area contributed by atoms with Gasteiger partial charge in [-0.25, -0.2) is 0 Å². The van der Waals surface area contributed by atoms with Gasteiger partial charge in [-0.2, -0.15) is 0 Å². The van der Waals surface area contributed by atoms with Gasteiger partial charge in [-0.1, -0.05) is 18.2 Å². The molecule has 0 unspecified atom stereocenters. The van der Waals surface area contributed by atoms with E-state index in [0.29, 0.717) is 0 Å². The highest BCUT2D eigenvalue weighted by molar-refractivity contribution is 6.07. The van der Waals surface area contributed by atoms with Crippen molar-refractivity contribution in [2.24, 2.45) is 0 Å². The zero-order chi connectivity index (χ0) is 18.8. The molecule has 0 saturated heterocycles. The van der Waals surface area contributed by atoms with E-state index >= 15 is 0 Å². The van der Waals surface area contributed by atoms with E-state index in [2.05, 4.69) is 0 Å². The second-order valence-electron chi connectivity index (χ2n) is 7.79. The number of carbonyl (C=O) groups excluding carboxylic acids is 2. The van der Waals surface area contributed by atoms with E-state index in [1.807, 2.05) is 5.48 Å². The van der Waals surface area contributed by atoms with Gasteiger partial charge in [-0.05, 0) is 54.5 Å². The molecule has 0 radical (unpaired) electrons. The number of carbonyl (C=O) groups is 2. The molecule has 24 heavy (non-hydrogen) atoms. The lowest BCUT2D eigenvalue weighted by molar-refractivity contribution is -0.176. The van der Waals surface area contributed by atoms with Crippen LogP contribution in [0, 0.1) is 0 Å². The zero-order valence-electron chi connectivity index (χ0n) is 15.4. The van der Waals surface area contributed by atoms with Crippen LogP contribution < -0.4 is 5.48 Å². The molecule has 0 aromatic heterocycles. The monoisotopic (exact) mass is 337 g/mol. The third kappa shape index (κ3) is 4.71. The third-order valence-corrected chi connectivity index (χ3v) is 3.20. The summed E-state index contributed by atoms with van der Waals surface area (Å²) in [5, 5.41) is 9.36. The summed E-state index contributed by atoms with van der Waals surface area (Å²) in [5.74, 6) is -1.49. The largest absolute Gasteiger partial charge is 0.459 e. The maximum Gasteiger partial charge on any atom is 0.328 e. The quantitative estimate of drug-likeness (QED) is 0.497. The van der Waals surface area contributed by atoms with Gasteiger partial charge in [0.25, 0.3) is 0 Å². The normalized spacial score (nSPS) is 12.5. The highest BCUT2D eigenvalue weighted by Gasteiger charge is 2.49. The second kappa shape index (κ2) is 6.81. The maximum absolute atomic E-state index is 12.8. The number of para-hydroxylation sites is 1. The molecule has 1 rings (SSSR count). The Bertz CT molecular complexity index is 583. The average Bonchev–Trinajstić information content (AvgIpc) is 2.42. The van der Waals surface area contributed by atoms with E-state index in [4.69, 9.17) is 9.47 Å². The first-order valence-corrected chi connectivity index (χ1v) is 7.78. The first-order chi connectivity index (χ1) is 10.8. The van der Waals surface area contributed by atoms with E-state index in [9.17, 15) is 14.8 Å². The first-order valence-electron chi connectivity index (χ1n) is 7.78. The van der Waals surface area contributed by atoms with E-state index in [-0.39, 0.29) is 11.3 Å². The van der Waals surface area contributed by atoms with Crippen molar-refractivity contribution in [3.63, 3.8) is 0 Å². The number of hydrogen-bond donors (Lipinski definition) is 2.